The fourth-order valence-electron chi connectivity index (χ4n) is 1.86. The zero-order valence-corrected chi connectivity index (χ0v) is 11.8. The van der Waals surface area contributed by atoms with Gasteiger partial charge in [0.25, 0.3) is 0 Å². The summed E-state index contributed by atoms with van der Waals surface area (Å²) in [5.41, 5.74) is 0.639. The van der Waals surface area contributed by atoms with E-state index in [1.54, 1.807) is 12.1 Å². The first kappa shape index (κ1) is 13.7. The molecule has 1 heterocycles. The molecular formula is C13H13BrN2O3. The maximum Gasteiger partial charge on any atom is 0.324 e. The Kier molecular flexibility index (Phi) is 4.31. The third-order valence-corrected chi connectivity index (χ3v) is 3.42. The van der Waals surface area contributed by atoms with E-state index in [4.69, 9.17) is 0 Å². The standard InChI is InChI=1S/C13H13BrN2O3/c14-10-5-3-9(4-6-10)11(17)2-1-7-16-12(18)8-15-13(16)19/h3-6H,1-2,7-8H2,(H,15,19). The fraction of sp³-hybridized carbons (Fsp3) is 0.308. The number of benzene rings is 1. The number of imide groups is 1. The van der Waals surface area contributed by atoms with Crippen LogP contribution >= 0.6 is 15.9 Å². The number of ketones is 1. The van der Waals surface area contributed by atoms with Crippen LogP contribution in [0.1, 0.15) is 23.2 Å². The fourth-order valence-corrected chi connectivity index (χ4v) is 2.12. The minimum atomic E-state index is -0.374. The van der Waals surface area contributed by atoms with Gasteiger partial charge in [0, 0.05) is 23.0 Å². The minimum absolute atomic E-state index is 0.0135. The maximum absolute atomic E-state index is 11.9. The molecule has 0 radical (unpaired) electrons. The lowest BCUT2D eigenvalue weighted by molar-refractivity contribution is -0.125. The van der Waals surface area contributed by atoms with Crippen molar-refractivity contribution in [3.8, 4) is 0 Å². The third kappa shape index (κ3) is 3.41. The van der Waals surface area contributed by atoms with Crippen LogP contribution in [-0.4, -0.2) is 35.7 Å². The van der Waals surface area contributed by atoms with Gasteiger partial charge in [0.1, 0.15) is 0 Å². The summed E-state index contributed by atoms with van der Waals surface area (Å²) in [5.74, 6) is -0.222. The monoisotopic (exact) mass is 324 g/mol. The Balaban J connectivity index is 1.82. The second-order valence-electron chi connectivity index (χ2n) is 4.24. The van der Waals surface area contributed by atoms with Crippen LogP contribution in [0.25, 0.3) is 0 Å². The topological polar surface area (TPSA) is 66.5 Å². The van der Waals surface area contributed by atoms with E-state index < -0.39 is 0 Å². The van der Waals surface area contributed by atoms with E-state index in [1.165, 1.54) is 0 Å². The molecule has 1 N–H and O–H groups in total. The van der Waals surface area contributed by atoms with Crippen LogP contribution in [0.15, 0.2) is 28.7 Å². The van der Waals surface area contributed by atoms with Crippen LogP contribution in [-0.2, 0) is 4.79 Å². The number of Topliss-reactive ketones (excluding diaryl/α,β-unsaturated/α-hetero) is 1. The van der Waals surface area contributed by atoms with Crippen molar-refractivity contribution in [2.24, 2.45) is 0 Å². The predicted molar refractivity (Wildman–Crippen MR) is 72.8 cm³/mol. The van der Waals surface area contributed by atoms with Crippen molar-refractivity contribution in [3.05, 3.63) is 34.3 Å². The van der Waals surface area contributed by atoms with Crippen LogP contribution in [0.5, 0.6) is 0 Å². The maximum atomic E-state index is 11.9. The Bertz CT molecular complexity index is 497. The number of nitrogens with zero attached hydrogens (tertiary/aromatic N) is 1. The van der Waals surface area contributed by atoms with Crippen LogP contribution in [0, 0.1) is 0 Å². The van der Waals surface area contributed by atoms with E-state index in [9.17, 15) is 14.4 Å². The molecule has 0 aromatic heterocycles. The summed E-state index contributed by atoms with van der Waals surface area (Å²) in [7, 11) is 0. The summed E-state index contributed by atoms with van der Waals surface area (Å²) in [4.78, 5) is 35.6. The lowest BCUT2D eigenvalue weighted by Crippen LogP contribution is -2.32. The molecular weight excluding hydrogens is 312 g/mol. The molecule has 0 saturated carbocycles. The summed E-state index contributed by atoms with van der Waals surface area (Å²) in [6.45, 7) is 0.340. The van der Waals surface area contributed by atoms with Gasteiger partial charge in [-0.15, -0.1) is 0 Å². The molecule has 1 fully saturated rings. The van der Waals surface area contributed by atoms with Crippen molar-refractivity contribution in [2.75, 3.05) is 13.1 Å². The van der Waals surface area contributed by atoms with Crippen LogP contribution < -0.4 is 5.32 Å². The average Bonchev–Trinajstić information content (AvgIpc) is 2.71. The SMILES string of the molecule is O=C(CCCN1C(=O)CNC1=O)c1ccc(Br)cc1. The molecule has 1 aromatic carbocycles. The molecule has 1 aliphatic rings. The number of urea groups is 1. The normalized spacial score (nSPS) is 14.7. The number of amides is 3. The molecule has 19 heavy (non-hydrogen) atoms. The lowest BCUT2D eigenvalue weighted by Gasteiger charge is -2.11. The van der Waals surface area contributed by atoms with E-state index in [1.807, 2.05) is 12.1 Å². The lowest BCUT2D eigenvalue weighted by atomic mass is 10.1. The number of hydrogen-bond acceptors (Lipinski definition) is 3. The molecule has 1 aromatic rings. The van der Waals surface area contributed by atoms with Crippen molar-refractivity contribution in [1.29, 1.82) is 0 Å². The van der Waals surface area contributed by atoms with Crippen LogP contribution in [0.4, 0.5) is 4.79 Å². The Labute approximate surface area is 119 Å². The second-order valence-corrected chi connectivity index (χ2v) is 5.15. The van der Waals surface area contributed by atoms with Crippen molar-refractivity contribution in [3.63, 3.8) is 0 Å². The van der Waals surface area contributed by atoms with Gasteiger partial charge in [0.05, 0.1) is 6.54 Å². The first-order valence-electron chi connectivity index (χ1n) is 5.95. The van der Waals surface area contributed by atoms with E-state index in [0.717, 1.165) is 9.37 Å². The number of rotatable bonds is 5. The Morgan fingerprint density at radius 3 is 2.53 bits per heavy atom. The second kappa shape index (κ2) is 5.97. The van der Waals surface area contributed by atoms with Gasteiger partial charge in [0.2, 0.25) is 5.91 Å². The zero-order valence-electron chi connectivity index (χ0n) is 10.2. The minimum Gasteiger partial charge on any atom is -0.329 e. The smallest absolute Gasteiger partial charge is 0.324 e. The van der Waals surface area contributed by atoms with Gasteiger partial charge in [-0.3, -0.25) is 14.5 Å². The molecule has 0 bridgehead atoms. The molecule has 6 heteroatoms. The highest BCUT2D eigenvalue weighted by molar-refractivity contribution is 9.10. The van der Waals surface area contributed by atoms with Crippen molar-refractivity contribution < 1.29 is 14.4 Å². The Morgan fingerprint density at radius 2 is 1.95 bits per heavy atom. The van der Waals surface area contributed by atoms with E-state index in [0.29, 0.717) is 18.4 Å². The Morgan fingerprint density at radius 1 is 1.26 bits per heavy atom. The number of halogens is 1. The summed E-state index contributed by atoms with van der Waals surface area (Å²) in [5, 5.41) is 2.44. The largest absolute Gasteiger partial charge is 0.329 e. The quantitative estimate of drug-likeness (QED) is 0.665. The summed E-state index contributed by atoms with van der Waals surface area (Å²) >= 11 is 3.31. The van der Waals surface area contributed by atoms with E-state index in [-0.39, 0.29) is 30.8 Å². The first-order valence-corrected chi connectivity index (χ1v) is 6.74. The predicted octanol–water partition coefficient (Wildman–Crippen LogP) is 1.96. The molecule has 0 spiro atoms. The summed E-state index contributed by atoms with van der Waals surface area (Å²) in [6, 6.07) is 6.75. The van der Waals surface area contributed by atoms with Gasteiger partial charge in [-0.2, -0.15) is 0 Å². The van der Waals surface area contributed by atoms with Crippen LogP contribution in [0.3, 0.4) is 0 Å². The molecule has 3 amide bonds. The Hall–Kier alpha value is -1.69. The number of carbonyl (C=O) groups excluding carboxylic acids is 3. The third-order valence-electron chi connectivity index (χ3n) is 2.89. The summed E-state index contributed by atoms with van der Waals surface area (Å²) < 4.78 is 0.920. The van der Waals surface area contributed by atoms with Crippen molar-refractivity contribution in [1.82, 2.24) is 10.2 Å². The number of hydrogen-bond donors (Lipinski definition) is 1. The van der Waals surface area contributed by atoms with Gasteiger partial charge >= 0.3 is 6.03 Å². The highest BCUT2D eigenvalue weighted by Gasteiger charge is 2.27. The molecule has 2 rings (SSSR count). The molecule has 0 atom stereocenters. The van der Waals surface area contributed by atoms with Gasteiger partial charge < -0.3 is 5.32 Å². The highest BCUT2D eigenvalue weighted by Crippen LogP contribution is 2.13. The molecule has 1 aliphatic heterocycles. The number of carbonyl (C=O) groups is 3. The molecule has 0 aliphatic carbocycles. The van der Waals surface area contributed by atoms with E-state index >= 15 is 0 Å². The zero-order chi connectivity index (χ0) is 13.8. The molecule has 0 unspecified atom stereocenters. The van der Waals surface area contributed by atoms with Gasteiger partial charge in [-0.25, -0.2) is 4.79 Å². The first-order chi connectivity index (χ1) is 9.08. The van der Waals surface area contributed by atoms with Gasteiger partial charge in [0.15, 0.2) is 5.78 Å². The van der Waals surface area contributed by atoms with Crippen molar-refractivity contribution >= 4 is 33.7 Å². The number of nitrogens with one attached hydrogen (secondary N) is 1. The van der Waals surface area contributed by atoms with E-state index in [2.05, 4.69) is 21.2 Å². The van der Waals surface area contributed by atoms with Gasteiger partial charge in [-0.05, 0) is 18.6 Å². The van der Waals surface area contributed by atoms with Gasteiger partial charge in [-0.1, -0.05) is 28.1 Å². The molecule has 1 saturated heterocycles. The molecule has 100 valence electrons. The highest BCUT2D eigenvalue weighted by atomic mass is 79.9. The molecule has 5 nitrogen and oxygen atoms in total. The van der Waals surface area contributed by atoms with Crippen LogP contribution in [0.2, 0.25) is 0 Å². The van der Waals surface area contributed by atoms with Crippen molar-refractivity contribution in [2.45, 2.75) is 12.8 Å². The average molecular weight is 325 g/mol. The summed E-state index contributed by atoms with van der Waals surface area (Å²) in [6.07, 6.45) is 0.798.